The Kier molecular flexibility index (Phi) is 4.58. The Morgan fingerprint density at radius 3 is 2.08 bits per heavy atom. The number of rotatable bonds is 5. The van der Waals surface area contributed by atoms with Gasteiger partial charge in [-0.05, 0) is 6.92 Å². The summed E-state index contributed by atoms with van der Waals surface area (Å²) in [6.07, 6.45) is 0. The largest absolute Gasteiger partial charge is 0.296 e. The van der Waals surface area contributed by atoms with E-state index in [4.69, 9.17) is 11.6 Å². The van der Waals surface area contributed by atoms with Gasteiger partial charge in [0, 0.05) is 10.7 Å². The smallest absolute Gasteiger partial charge is 0.174 e. The van der Waals surface area contributed by atoms with Gasteiger partial charge in [-0.15, -0.1) is 29.5 Å². The van der Waals surface area contributed by atoms with Crippen molar-refractivity contribution in [3.8, 4) is 0 Å². The number of carbonyl (C=O) groups is 1. The van der Waals surface area contributed by atoms with Gasteiger partial charge in [0.05, 0.1) is 12.4 Å². The number of halogens is 5. The fourth-order valence-electron chi connectivity index (χ4n) is 0.613. The first-order chi connectivity index (χ1) is 5.84. The van der Waals surface area contributed by atoms with E-state index in [1.807, 2.05) is 0 Å². The molecule has 0 saturated heterocycles. The quantitative estimate of drug-likeness (QED) is 0.402. The standard InChI is InChI=1S/C5H7ClF4N2O/c1-5(12(9)10,3-11(7)8)4(13)2-6/h2-3H2,1H3. The monoisotopic (exact) mass is 222 g/mol. The number of hydrogen-bond donors (Lipinski definition) is 0. The van der Waals surface area contributed by atoms with Gasteiger partial charge in [0.2, 0.25) is 0 Å². The highest BCUT2D eigenvalue weighted by Gasteiger charge is 2.43. The van der Waals surface area contributed by atoms with Crippen molar-refractivity contribution in [2.75, 3.05) is 12.4 Å². The van der Waals surface area contributed by atoms with Crippen LogP contribution < -0.4 is 0 Å². The van der Waals surface area contributed by atoms with Gasteiger partial charge in [-0.2, -0.15) is 0 Å². The van der Waals surface area contributed by atoms with Gasteiger partial charge < -0.3 is 0 Å². The molecule has 0 saturated carbocycles. The molecule has 0 aromatic carbocycles. The maximum absolute atomic E-state index is 12.1. The molecule has 1 atom stereocenters. The van der Waals surface area contributed by atoms with Crippen molar-refractivity contribution in [1.29, 1.82) is 0 Å². The molecule has 0 N–H and O–H groups in total. The molecule has 0 spiro atoms. The molecule has 0 fully saturated rings. The predicted molar refractivity (Wildman–Crippen MR) is 37.1 cm³/mol. The van der Waals surface area contributed by atoms with Gasteiger partial charge in [-0.3, -0.25) is 4.79 Å². The second kappa shape index (κ2) is 4.73. The third-order valence-corrected chi connectivity index (χ3v) is 1.77. The number of alkyl halides is 1. The Hall–Kier alpha value is -0.400. The molecule has 1 unspecified atom stereocenters. The SMILES string of the molecule is CC(CN(F)F)(C(=O)CCl)N(F)F. The van der Waals surface area contributed by atoms with Gasteiger partial charge >= 0.3 is 0 Å². The Balaban J connectivity index is 4.62. The van der Waals surface area contributed by atoms with Crippen molar-refractivity contribution in [3.63, 3.8) is 0 Å². The summed E-state index contributed by atoms with van der Waals surface area (Å²) in [5, 5.41) is -3.06. The second-order valence-electron chi connectivity index (χ2n) is 2.52. The number of carbonyl (C=O) groups excluding carboxylic acids is 1. The van der Waals surface area contributed by atoms with Crippen LogP contribution in [0, 0.1) is 0 Å². The normalized spacial score (nSPS) is 16.3. The van der Waals surface area contributed by atoms with Crippen LogP contribution in [0.5, 0.6) is 0 Å². The Morgan fingerprint density at radius 2 is 1.85 bits per heavy atom. The summed E-state index contributed by atoms with van der Waals surface area (Å²) in [6.45, 7) is -0.713. The van der Waals surface area contributed by atoms with Crippen LogP contribution in [-0.2, 0) is 4.79 Å². The molecular weight excluding hydrogens is 216 g/mol. The van der Waals surface area contributed by atoms with Gasteiger partial charge in [-0.25, -0.2) is 0 Å². The van der Waals surface area contributed by atoms with Crippen molar-refractivity contribution in [3.05, 3.63) is 0 Å². The van der Waals surface area contributed by atoms with Gasteiger partial charge in [-0.1, -0.05) is 0 Å². The van der Waals surface area contributed by atoms with Crippen LogP contribution in [0.2, 0.25) is 0 Å². The zero-order chi connectivity index (χ0) is 10.6. The topological polar surface area (TPSA) is 23.6 Å². The summed E-state index contributed by atoms with van der Waals surface area (Å²) >= 11 is 4.99. The maximum Gasteiger partial charge on any atom is 0.174 e. The molecule has 0 radical (unpaired) electrons. The molecular formula is C5H7ClF4N2O. The van der Waals surface area contributed by atoms with Crippen LogP contribution in [0.3, 0.4) is 0 Å². The van der Waals surface area contributed by atoms with Crippen LogP contribution in [0.25, 0.3) is 0 Å². The highest BCUT2D eigenvalue weighted by atomic mass is 35.5. The van der Waals surface area contributed by atoms with E-state index >= 15 is 0 Å². The molecule has 0 heterocycles. The van der Waals surface area contributed by atoms with E-state index in [1.165, 1.54) is 0 Å². The van der Waals surface area contributed by atoms with Crippen molar-refractivity contribution < 1.29 is 22.7 Å². The van der Waals surface area contributed by atoms with Crippen molar-refractivity contribution in [1.82, 2.24) is 10.7 Å². The molecule has 0 aliphatic rings. The van der Waals surface area contributed by atoms with Crippen LogP contribution in [0.15, 0.2) is 0 Å². The number of Topliss-reactive ketones (excluding diaryl/α,β-unsaturated/α-hetero) is 1. The lowest BCUT2D eigenvalue weighted by molar-refractivity contribution is -0.256. The average Bonchev–Trinajstić information content (AvgIpc) is 2.01. The molecule has 0 aliphatic carbocycles. The molecule has 0 amide bonds. The highest BCUT2D eigenvalue weighted by Crippen LogP contribution is 2.20. The van der Waals surface area contributed by atoms with Crippen molar-refractivity contribution in [2.45, 2.75) is 12.5 Å². The van der Waals surface area contributed by atoms with Crippen LogP contribution in [0.1, 0.15) is 6.92 Å². The number of ketones is 1. The molecule has 8 heteroatoms. The third-order valence-electron chi connectivity index (χ3n) is 1.52. The van der Waals surface area contributed by atoms with E-state index in [2.05, 4.69) is 0 Å². The summed E-state index contributed by atoms with van der Waals surface area (Å²) in [5.74, 6) is -1.91. The van der Waals surface area contributed by atoms with E-state index in [0.717, 1.165) is 0 Å². The third kappa shape index (κ3) is 3.09. The van der Waals surface area contributed by atoms with Gasteiger partial charge in [0.15, 0.2) is 11.3 Å². The number of nitrogens with zero attached hydrogens (tertiary/aromatic N) is 2. The van der Waals surface area contributed by atoms with E-state index < -0.39 is 34.4 Å². The zero-order valence-electron chi connectivity index (χ0n) is 6.61. The van der Waals surface area contributed by atoms with Crippen LogP contribution in [0.4, 0.5) is 17.9 Å². The second-order valence-corrected chi connectivity index (χ2v) is 2.79. The molecule has 0 rings (SSSR count). The minimum atomic E-state index is -2.56. The minimum Gasteiger partial charge on any atom is -0.296 e. The Morgan fingerprint density at radius 1 is 1.38 bits per heavy atom. The average molecular weight is 223 g/mol. The van der Waals surface area contributed by atoms with Gasteiger partial charge in [0.25, 0.3) is 0 Å². The molecule has 0 aromatic heterocycles. The zero-order valence-corrected chi connectivity index (χ0v) is 7.36. The van der Waals surface area contributed by atoms with E-state index in [0.29, 0.717) is 6.92 Å². The predicted octanol–water partition coefficient (Wildman–Crippen LogP) is 1.70. The van der Waals surface area contributed by atoms with Crippen LogP contribution in [-0.4, -0.2) is 34.4 Å². The summed E-state index contributed by atoms with van der Waals surface area (Å²) in [7, 11) is 0. The van der Waals surface area contributed by atoms with Gasteiger partial charge in [0.1, 0.15) is 0 Å². The lowest BCUT2D eigenvalue weighted by Crippen LogP contribution is -2.51. The maximum atomic E-state index is 12.1. The fraction of sp³-hybridized carbons (Fsp3) is 0.800. The lowest BCUT2D eigenvalue weighted by atomic mass is 9.99. The molecule has 0 aromatic rings. The molecule has 0 bridgehead atoms. The fourth-order valence-corrected chi connectivity index (χ4v) is 0.900. The first-order valence-corrected chi connectivity index (χ1v) is 3.68. The van der Waals surface area contributed by atoms with E-state index in [1.54, 1.807) is 0 Å². The molecule has 0 aliphatic heterocycles. The Bertz CT molecular complexity index is 191. The first kappa shape index (κ1) is 12.6. The lowest BCUT2D eigenvalue weighted by Gasteiger charge is -2.25. The summed E-state index contributed by atoms with van der Waals surface area (Å²) in [6, 6.07) is 0. The highest BCUT2D eigenvalue weighted by molar-refractivity contribution is 6.28. The van der Waals surface area contributed by atoms with E-state index in [9.17, 15) is 22.7 Å². The van der Waals surface area contributed by atoms with Crippen molar-refractivity contribution in [2.24, 2.45) is 0 Å². The summed E-state index contributed by atoms with van der Waals surface area (Å²) in [5.41, 5.74) is -2.56. The molecule has 3 nitrogen and oxygen atoms in total. The Labute approximate surface area is 76.6 Å². The summed E-state index contributed by atoms with van der Waals surface area (Å²) < 4.78 is 47.5. The van der Waals surface area contributed by atoms with Crippen LogP contribution >= 0.6 is 11.6 Å². The first-order valence-electron chi connectivity index (χ1n) is 3.14. The van der Waals surface area contributed by atoms with E-state index in [-0.39, 0.29) is 0 Å². The summed E-state index contributed by atoms with van der Waals surface area (Å²) in [4.78, 5) is 10.8. The number of hydrogen-bond acceptors (Lipinski definition) is 3. The molecule has 13 heavy (non-hydrogen) atoms. The minimum absolute atomic E-state index is 0.684. The van der Waals surface area contributed by atoms with Crippen molar-refractivity contribution >= 4 is 17.4 Å². The molecule has 78 valence electrons.